The van der Waals surface area contributed by atoms with Crippen LogP contribution in [0.4, 0.5) is 10.3 Å². The largest absolute Gasteiger partial charge is 0.507 e. The van der Waals surface area contributed by atoms with Gasteiger partial charge < -0.3 is 5.11 Å². The fourth-order valence-corrected chi connectivity index (χ4v) is 3.17. The lowest BCUT2D eigenvalue weighted by Gasteiger charge is -2.23. The maximum absolute atomic E-state index is 13.2. The highest BCUT2D eigenvalue weighted by Gasteiger charge is 2.48. The van der Waals surface area contributed by atoms with Crippen LogP contribution in [-0.4, -0.2) is 26.8 Å². The van der Waals surface area contributed by atoms with Crippen LogP contribution in [0.1, 0.15) is 17.2 Å². The second kappa shape index (κ2) is 7.03. The summed E-state index contributed by atoms with van der Waals surface area (Å²) >= 11 is 0. The first-order chi connectivity index (χ1) is 13.6. The summed E-state index contributed by atoms with van der Waals surface area (Å²) in [5, 5.41) is 10.8. The van der Waals surface area contributed by atoms with Crippen molar-refractivity contribution in [3.63, 3.8) is 0 Å². The van der Waals surface area contributed by atoms with Gasteiger partial charge in [-0.05, 0) is 35.9 Å². The Morgan fingerprint density at radius 1 is 0.929 bits per heavy atom. The van der Waals surface area contributed by atoms with E-state index in [-0.39, 0.29) is 22.8 Å². The highest BCUT2D eigenvalue weighted by Crippen LogP contribution is 2.40. The minimum absolute atomic E-state index is 0.0524. The normalized spacial score (nSPS) is 18.5. The number of rotatable bonds is 3. The number of nitrogens with zero attached hydrogens (tertiary/aromatic N) is 3. The number of aliphatic hydroxyl groups excluding tert-OH is 1. The number of Topliss-reactive ketones (excluding diaryl/α,β-unsaturated/α-hetero) is 1. The molecular weight excluding hydrogens is 361 g/mol. The number of hydrogen-bond acceptors (Lipinski definition) is 5. The summed E-state index contributed by atoms with van der Waals surface area (Å²) in [4.78, 5) is 34.9. The SMILES string of the molecule is O=C1C(=O)N(c2ncccn2)[C@H](c2ccccc2)C1=C(O)c1ccc(F)cc1. The summed E-state index contributed by atoms with van der Waals surface area (Å²) in [6, 6.07) is 14.5. The molecular formula is C21H14FN3O3. The van der Waals surface area contributed by atoms with Gasteiger partial charge in [0.25, 0.3) is 5.78 Å². The van der Waals surface area contributed by atoms with Crippen molar-refractivity contribution in [3.05, 3.63) is 95.6 Å². The van der Waals surface area contributed by atoms with Crippen LogP contribution in [0.2, 0.25) is 0 Å². The Hall–Kier alpha value is -3.87. The molecule has 6 nitrogen and oxygen atoms in total. The third-order valence-corrected chi connectivity index (χ3v) is 4.45. The van der Waals surface area contributed by atoms with Gasteiger partial charge in [-0.1, -0.05) is 30.3 Å². The van der Waals surface area contributed by atoms with Crippen molar-refractivity contribution in [1.82, 2.24) is 9.97 Å². The molecule has 2 aromatic carbocycles. The molecule has 1 atom stereocenters. The first-order valence-corrected chi connectivity index (χ1v) is 8.47. The molecule has 0 radical (unpaired) electrons. The van der Waals surface area contributed by atoms with Crippen molar-refractivity contribution in [2.24, 2.45) is 0 Å². The summed E-state index contributed by atoms with van der Waals surface area (Å²) in [7, 11) is 0. The number of anilines is 1. The number of carbonyl (C=O) groups is 2. The summed E-state index contributed by atoms with van der Waals surface area (Å²) < 4.78 is 13.2. The van der Waals surface area contributed by atoms with Crippen molar-refractivity contribution in [3.8, 4) is 0 Å². The molecule has 0 aliphatic carbocycles. The zero-order valence-electron chi connectivity index (χ0n) is 14.5. The fourth-order valence-electron chi connectivity index (χ4n) is 3.17. The predicted octanol–water partition coefficient (Wildman–Crippen LogP) is 3.24. The zero-order chi connectivity index (χ0) is 19.7. The summed E-state index contributed by atoms with van der Waals surface area (Å²) in [5.41, 5.74) is 0.738. The molecule has 1 aromatic heterocycles. The van der Waals surface area contributed by atoms with E-state index in [1.165, 1.54) is 36.7 Å². The van der Waals surface area contributed by atoms with E-state index in [0.717, 1.165) is 4.90 Å². The van der Waals surface area contributed by atoms with Gasteiger partial charge in [-0.2, -0.15) is 0 Å². The van der Waals surface area contributed by atoms with Crippen LogP contribution in [0, 0.1) is 5.82 Å². The van der Waals surface area contributed by atoms with Crippen LogP contribution >= 0.6 is 0 Å². The number of aliphatic hydroxyl groups is 1. The monoisotopic (exact) mass is 375 g/mol. The number of hydrogen-bond donors (Lipinski definition) is 1. The van der Waals surface area contributed by atoms with Crippen LogP contribution in [0.15, 0.2) is 78.6 Å². The average Bonchev–Trinajstić information content (AvgIpc) is 3.00. The number of benzene rings is 2. The number of ketones is 1. The van der Waals surface area contributed by atoms with Gasteiger partial charge in [0.1, 0.15) is 11.6 Å². The average molecular weight is 375 g/mol. The third-order valence-electron chi connectivity index (χ3n) is 4.45. The van der Waals surface area contributed by atoms with Gasteiger partial charge in [0.05, 0.1) is 11.6 Å². The topological polar surface area (TPSA) is 83.4 Å². The number of halogens is 1. The molecule has 1 amide bonds. The Kier molecular flexibility index (Phi) is 4.41. The molecule has 4 rings (SSSR count). The summed E-state index contributed by atoms with van der Waals surface area (Å²) in [6.07, 6.45) is 2.92. The van der Waals surface area contributed by atoms with E-state index in [0.29, 0.717) is 5.56 Å². The maximum Gasteiger partial charge on any atom is 0.302 e. The van der Waals surface area contributed by atoms with E-state index in [4.69, 9.17) is 0 Å². The van der Waals surface area contributed by atoms with Gasteiger partial charge in [0.15, 0.2) is 0 Å². The Bertz CT molecular complexity index is 1070. The molecule has 1 fully saturated rings. The van der Waals surface area contributed by atoms with Crippen molar-refractivity contribution in [2.75, 3.05) is 4.90 Å². The first-order valence-electron chi connectivity index (χ1n) is 8.47. The molecule has 138 valence electrons. The zero-order valence-corrected chi connectivity index (χ0v) is 14.5. The van der Waals surface area contributed by atoms with E-state index < -0.39 is 23.5 Å². The van der Waals surface area contributed by atoms with Crippen molar-refractivity contribution in [2.45, 2.75) is 6.04 Å². The van der Waals surface area contributed by atoms with Crippen LogP contribution in [0.25, 0.3) is 5.76 Å². The molecule has 0 bridgehead atoms. The highest BCUT2D eigenvalue weighted by atomic mass is 19.1. The lowest BCUT2D eigenvalue weighted by atomic mass is 9.95. The molecule has 3 aromatic rings. The van der Waals surface area contributed by atoms with Crippen LogP contribution < -0.4 is 4.90 Å². The minimum atomic E-state index is -0.909. The molecule has 0 spiro atoms. The standard InChI is InChI=1S/C21H14FN3O3/c22-15-9-7-14(8-10-15)18(26)16-17(13-5-2-1-3-6-13)25(20(28)19(16)27)21-23-11-4-12-24-21/h1-12,17,26H/t17-/m1/s1. The van der Waals surface area contributed by atoms with Gasteiger partial charge in [-0.25, -0.2) is 14.4 Å². The Morgan fingerprint density at radius 2 is 1.57 bits per heavy atom. The highest BCUT2D eigenvalue weighted by molar-refractivity contribution is 6.51. The minimum Gasteiger partial charge on any atom is -0.507 e. The lowest BCUT2D eigenvalue weighted by molar-refractivity contribution is -0.132. The van der Waals surface area contributed by atoms with Gasteiger partial charge in [0, 0.05) is 18.0 Å². The van der Waals surface area contributed by atoms with Crippen LogP contribution in [0.5, 0.6) is 0 Å². The number of aromatic nitrogens is 2. The molecule has 0 saturated carbocycles. The van der Waals surface area contributed by atoms with Crippen LogP contribution in [0.3, 0.4) is 0 Å². The number of carbonyl (C=O) groups excluding carboxylic acids is 2. The molecule has 1 N–H and O–H groups in total. The van der Waals surface area contributed by atoms with Gasteiger partial charge >= 0.3 is 5.91 Å². The second-order valence-corrected chi connectivity index (χ2v) is 6.14. The Morgan fingerprint density at radius 3 is 2.21 bits per heavy atom. The Labute approximate surface area is 159 Å². The molecule has 7 heteroatoms. The molecule has 2 heterocycles. The van der Waals surface area contributed by atoms with E-state index in [1.54, 1.807) is 36.4 Å². The molecule has 1 aliphatic rings. The number of amides is 1. The smallest absolute Gasteiger partial charge is 0.302 e. The third kappa shape index (κ3) is 2.92. The first kappa shape index (κ1) is 17.5. The van der Waals surface area contributed by atoms with E-state index >= 15 is 0 Å². The van der Waals surface area contributed by atoms with Crippen molar-refractivity contribution < 1.29 is 19.1 Å². The quantitative estimate of drug-likeness (QED) is 0.432. The predicted molar refractivity (Wildman–Crippen MR) is 99.7 cm³/mol. The van der Waals surface area contributed by atoms with Crippen LogP contribution in [-0.2, 0) is 9.59 Å². The molecule has 0 unspecified atom stereocenters. The second-order valence-electron chi connectivity index (χ2n) is 6.14. The van der Waals surface area contributed by atoms with E-state index in [9.17, 15) is 19.1 Å². The fraction of sp³-hybridized carbons (Fsp3) is 0.0476. The molecule has 1 aliphatic heterocycles. The van der Waals surface area contributed by atoms with Gasteiger partial charge in [0.2, 0.25) is 5.95 Å². The van der Waals surface area contributed by atoms with Crippen molar-refractivity contribution in [1.29, 1.82) is 0 Å². The lowest BCUT2D eigenvalue weighted by Crippen LogP contribution is -2.31. The van der Waals surface area contributed by atoms with E-state index in [2.05, 4.69) is 9.97 Å². The molecule has 28 heavy (non-hydrogen) atoms. The Balaban J connectivity index is 1.94. The van der Waals surface area contributed by atoms with Crippen molar-refractivity contribution >= 4 is 23.4 Å². The summed E-state index contributed by atoms with van der Waals surface area (Å²) in [5.74, 6) is -2.51. The van der Waals surface area contributed by atoms with E-state index in [1.807, 2.05) is 0 Å². The molecule has 1 saturated heterocycles. The maximum atomic E-state index is 13.2. The van der Waals surface area contributed by atoms with Gasteiger partial charge in [-0.3, -0.25) is 14.5 Å². The summed E-state index contributed by atoms with van der Waals surface area (Å²) in [6.45, 7) is 0. The van der Waals surface area contributed by atoms with Gasteiger partial charge in [-0.15, -0.1) is 0 Å².